The number of rotatable bonds is 6. The molecule has 19 heavy (non-hydrogen) atoms. The van der Waals surface area contributed by atoms with Gasteiger partial charge in [0.25, 0.3) is 0 Å². The fraction of sp³-hybridized carbons (Fsp3) is 0.333. The summed E-state index contributed by atoms with van der Waals surface area (Å²) < 4.78 is 10.2. The normalized spacial score (nSPS) is 9.63. The van der Waals surface area contributed by atoms with Gasteiger partial charge < -0.3 is 25.8 Å². The molecule has 0 fully saturated rings. The first-order chi connectivity index (χ1) is 9.08. The number of benzene rings is 1. The van der Waals surface area contributed by atoms with Gasteiger partial charge in [-0.1, -0.05) is 0 Å². The summed E-state index contributed by atoms with van der Waals surface area (Å²) in [7, 11) is 3.03. The lowest BCUT2D eigenvalue weighted by atomic mass is 10.2. The number of amides is 2. The molecule has 0 aliphatic heterocycles. The molecule has 2 amide bonds. The summed E-state index contributed by atoms with van der Waals surface area (Å²) in [5.74, 6) is 0.358. The van der Waals surface area contributed by atoms with Gasteiger partial charge >= 0.3 is 0 Å². The SMILES string of the molecule is COc1cc(NC(=O)CNC(=O)CN)cc(OC)c1. The number of nitrogens with two attached hydrogens (primary N) is 1. The zero-order valence-corrected chi connectivity index (χ0v) is 10.9. The number of methoxy groups -OCH3 is 2. The molecule has 0 atom stereocenters. The minimum atomic E-state index is -0.390. The first-order valence-corrected chi connectivity index (χ1v) is 5.58. The van der Waals surface area contributed by atoms with Crippen LogP contribution in [0.25, 0.3) is 0 Å². The fourth-order valence-electron chi connectivity index (χ4n) is 1.34. The van der Waals surface area contributed by atoms with Crippen molar-refractivity contribution in [3.63, 3.8) is 0 Å². The molecule has 1 rings (SSSR count). The van der Waals surface area contributed by atoms with Gasteiger partial charge in [-0.3, -0.25) is 9.59 Å². The van der Waals surface area contributed by atoms with Crippen molar-refractivity contribution in [2.75, 3.05) is 32.6 Å². The van der Waals surface area contributed by atoms with Crippen molar-refractivity contribution in [2.24, 2.45) is 5.73 Å². The second-order valence-electron chi connectivity index (χ2n) is 3.63. The second kappa shape index (κ2) is 7.22. The minimum absolute atomic E-state index is 0.143. The van der Waals surface area contributed by atoms with Crippen molar-refractivity contribution in [1.82, 2.24) is 5.32 Å². The van der Waals surface area contributed by atoms with E-state index < -0.39 is 5.91 Å². The predicted molar refractivity (Wildman–Crippen MR) is 70.2 cm³/mol. The van der Waals surface area contributed by atoms with Gasteiger partial charge in [-0.05, 0) is 0 Å². The molecule has 1 aromatic rings. The lowest BCUT2D eigenvalue weighted by molar-refractivity contribution is -0.123. The van der Waals surface area contributed by atoms with Gasteiger partial charge in [0.2, 0.25) is 11.8 Å². The highest BCUT2D eigenvalue weighted by Crippen LogP contribution is 2.25. The molecule has 4 N–H and O–H groups in total. The molecule has 0 bridgehead atoms. The van der Waals surface area contributed by atoms with Crippen LogP contribution in [0.3, 0.4) is 0 Å². The molecule has 0 saturated heterocycles. The molecule has 0 saturated carbocycles. The maximum absolute atomic E-state index is 11.6. The van der Waals surface area contributed by atoms with Crippen molar-refractivity contribution in [1.29, 1.82) is 0 Å². The first-order valence-electron chi connectivity index (χ1n) is 5.58. The van der Waals surface area contributed by atoms with Gasteiger partial charge in [-0.15, -0.1) is 0 Å². The van der Waals surface area contributed by atoms with E-state index in [1.54, 1.807) is 18.2 Å². The molecule has 7 heteroatoms. The van der Waals surface area contributed by atoms with E-state index in [-0.39, 0.29) is 19.0 Å². The van der Waals surface area contributed by atoms with Crippen LogP contribution in [0.4, 0.5) is 5.69 Å². The summed E-state index contributed by atoms with van der Waals surface area (Å²) in [6, 6.07) is 4.97. The van der Waals surface area contributed by atoms with E-state index in [0.29, 0.717) is 17.2 Å². The highest BCUT2D eigenvalue weighted by molar-refractivity contribution is 5.95. The molecule has 0 unspecified atom stereocenters. The van der Waals surface area contributed by atoms with Crippen LogP contribution in [-0.4, -0.2) is 39.1 Å². The molecule has 104 valence electrons. The van der Waals surface area contributed by atoms with Gasteiger partial charge in [0, 0.05) is 23.9 Å². The van der Waals surface area contributed by atoms with E-state index in [2.05, 4.69) is 10.6 Å². The van der Waals surface area contributed by atoms with Crippen LogP contribution in [0.2, 0.25) is 0 Å². The molecular formula is C12H17N3O4. The Kier molecular flexibility index (Phi) is 5.62. The lowest BCUT2D eigenvalue weighted by Gasteiger charge is -2.10. The van der Waals surface area contributed by atoms with E-state index in [1.807, 2.05) is 0 Å². The zero-order valence-electron chi connectivity index (χ0n) is 10.9. The zero-order chi connectivity index (χ0) is 14.3. The van der Waals surface area contributed by atoms with Crippen LogP contribution in [0, 0.1) is 0 Å². The summed E-state index contributed by atoms with van der Waals surface area (Å²) >= 11 is 0. The Morgan fingerprint density at radius 3 is 2.16 bits per heavy atom. The number of carbonyl (C=O) groups is 2. The third-order valence-electron chi connectivity index (χ3n) is 2.27. The van der Waals surface area contributed by atoms with Gasteiger partial charge in [0.1, 0.15) is 11.5 Å². The quantitative estimate of drug-likeness (QED) is 0.657. The van der Waals surface area contributed by atoms with E-state index in [1.165, 1.54) is 14.2 Å². The van der Waals surface area contributed by atoms with Crippen LogP contribution in [0.5, 0.6) is 11.5 Å². The number of ether oxygens (including phenoxy) is 2. The molecular weight excluding hydrogens is 250 g/mol. The largest absolute Gasteiger partial charge is 0.497 e. The molecule has 7 nitrogen and oxygen atoms in total. The average Bonchev–Trinajstić information content (AvgIpc) is 2.44. The van der Waals surface area contributed by atoms with Crippen LogP contribution >= 0.6 is 0 Å². The fourth-order valence-corrected chi connectivity index (χ4v) is 1.34. The summed E-state index contributed by atoms with van der Waals surface area (Å²) in [6.07, 6.45) is 0. The first kappa shape index (κ1) is 14.8. The van der Waals surface area contributed by atoms with Crippen molar-refractivity contribution >= 4 is 17.5 Å². The number of hydrogen-bond donors (Lipinski definition) is 3. The average molecular weight is 267 g/mol. The second-order valence-corrected chi connectivity index (χ2v) is 3.63. The molecule has 0 aliphatic carbocycles. The highest BCUT2D eigenvalue weighted by Gasteiger charge is 2.07. The lowest BCUT2D eigenvalue weighted by Crippen LogP contribution is -2.36. The van der Waals surface area contributed by atoms with E-state index in [0.717, 1.165) is 0 Å². The van der Waals surface area contributed by atoms with Crippen LogP contribution < -0.4 is 25.8 Å². The number of nitrogens with one attached hydrogen (secondary N) is 2. The number of hydrogen-bond acceptors (Lipinski definition) is 5. The minimum Gasteiger partial charge on any atom is -0.497 e. The van der Waals surface area contributed by atoms with Crippen LogP contribution in [0.1, 0.15) is 0 Å². The molecule has 1 aromatic carbocycles. The topological polar surface area (TPSA) is 103 Å². The van der Waals surface area contributed by atoms with E-state index in [4.69, 9.17) is 15.2 Å². The molecule has 0 spiro atoms. The maximum Gasteiger partial charge on any atom is 0.243 e. The molecule has 0 aromatic heterocycles. The Balaban J connectivity index is 2.65. The summed E-state index contributed by atoms with van der Waals surface area (Å²) in [6.45, 7) is -0.296. The van der Waals surface area contributed by atoms with Crippen molar-refractivity contribution in [3.05, 3.63) is 18.2 Å². The third kappa shape index (κ3) is 4.84. The van der Waals surface area contributed by atoms with Crippen LogP contribution in [0.15, 0.2) is 18.2 Å². The van der Waals surface area contributed by atoms with Crippen LogP contribution in [-0.2, 0) is 9.59 Å². The summed E-state index contributed by atoms with van der Waals surface area (Å²) in [5.41, 5.74) is 5.63. The maximum atomic E-state index is 11.6. The Hall–Kier alpha value is -2.28. The third-order valence-corrected chi connectivity index (χ3v) is 2.27. The Labute approximate surface area is 111 Å². The van der Waals surface area contributed by atoms with Gasteiger partial charge in [0.05, 0.1) is 27.3 Å². The standard InChI is InChI=1S/C12H17N3O4/c1-18-9-3-8(4-10(5-9)19-2)15-12(17)7-14-11(16)6-13/h3-5H,6-7,13H2,1-2H3,(H,14,16)(H,15,17). The summed E-state index contributed by atoms with van der Waals surface area (Å²) in [4.78, 5) is 22.5. The smallest absolute Gasteiger partial charge is 0.243 e. The monoisotopic (exact) mass is 267 g/mol. The Morgan fingerprint density at radius 2 is 1.68 bits per heavy atom. The number of anilines is 1. The van der Waals surface area contributed by atoms with Gasteiger partial charge in [-0.2, -0.15) is 0 Å². The highest BCUT2D eigenvalue weighted by atomic mass is 16.5. The van der Waals surface area contributed by atoms with E-state index in [9.17, 15) is 9.59 Å². The summed E-state index contributed by atoms with van der Waals surface area (Å²) in [5, 5.41) is 4.99. The Bertz CT molecular complexity index is 440. The number of carbonyl (C=O) groups excluding carboxylic acids is 2. The Morgan fingerprint density at radius 1 is 1.11 bits per heavy atom. The van der Waals surface area contributed by atoms with Gasteiger partial charge in [-0.25, -0.2) is 0 Å². The van der Waals surface area contributed by atoms with Crippen molar-refractivity contribution in [3.8, 4) is 11.5 Å². The van der Waals surface area contributed by atoms with Gasteiger partial charge in [0.15, 0.2) is 0 Å². The predicted octanol–water partition coefficient (Wildman–Crippen LogP) is -0.283. The van der Waals surface area contributed by atoms with Crippen molar-refractivity contribution in [2.45, 2.75) is 0 Å². The molecule has 0 aliphatic rings. The molecule has 0 radical (unpaired) electrons. The van der Waals surface area contributed by atoms with Crippen molar-refractivity contribution < 1.29 is 19.1 Å². The van der Waals surface area contributed by atoms with E-state index >= 15 is 0 Å². The molecule has 0 heterocycles.